The first-order valence-corrected chi connectivity index (χ1v) is 8.44. The second kappa shape index (κ2) is 6.13. The van der Waals surface area contributed by atoms with Gasteiger partial charge in [0.25, 0.3) is 10.0 Å². The van der Waals surface area contributed by atoms with E-state index in [1.807, 2.05) is 19.1 Å². The molecule has 0 aliphatic rings. The lowest BCUT2D eigenvalue weighted by atomic mass is 10.1. The van der Waals surface area contributed by atoms with Gasteiger partial charge < -0.3 is 5.73 Å². The molecule has 2 rings (SSSR count). The van der Waals surface area contributed by atoms with Gasteiger partial charge in [-0.15, -0.1) is 0 Å². The minimum Gasteiger partial charge on any atom is -0.399 e. The second-order valence-electron chi connectivity index (χ2n) is 4.43. The van der Waals surface area contributed by atoms with Crippen LogP contribution >= 0.6 is 23.2 Å². The molecule has 0 bridgehead atoms. The number of nitrogens with one attached hydrogen (secondary N) is 1. The molecule has 0 amide bonds. The van der Waals surface area contributed by atoms with Crippen molar-refractivity contribution in [3.8, 4) is 0 Å². The Balaban J connectivity index is 2.49. The van der Waals surface area contributed by atoms with Gasteiger partial charge in [0.1, 0.15) is 4.90 Å². The highest BCUT2D eigenvalue weighted by Crippen LogP contribution is 2.33. The fraction of sp³-hybridized carbons (Fsp3) is 0.143. The van der Waals surface area contributed by atoms with Gasteiger partial charge >= 0.3 is 0 Å². The Morgan fingerprint density at radius 1 is 1.14 bits per heavy atom. The van der Waals surface area contributed by atoms with Gasteiger partial charge in [-0.1, -0.05) is 48.3 Å². The predicted octanol–water partition coefficient (Wildman–Crippen LogP) is 3.94. The standard InChI is InChI=1S/C14H14Cl2N2O2S/c1-2-9-5-3-4-6-13(9)18-21(19,20)14-11(15)7-10(17)8-12(14)16/h3-8,18H,2,17H2,1H3. The Kier molecular flexibility index (Phi) is 4.66. The highest BCUT2D eigenvalue weighted by atomic mass is 35.5. The minimum atomic E-state index is -3.89. The van der Waals surface area contributed by atoms with E-state index in [1.165, 1.54) is 12.1 Å². The third-order valence-corrected chi connectivity index (χ3v) is 5.22. The average Bonchev–Trinajstić information content (AvgIpc) is 2.37. The summed E-state index contributed by atoms with van der Waals surface area (Å²) in [5.74, 6) is 0. The Bertz CT molecular complexity index is 753. The molecule has 0 aromatic heterocycles. The van der Waals surface area contributed by atoms with Crippen LogP contribution in [0.15, 0.2) is 41.3 Å². The lowest BCUT2D eigenvalue weighted by molar-refractivity contribution is 0.601. The van der Waals surface area contributed by atoms with Crippen molar-refractivity contribution in [3.63, 3.8) is 0 Å². The van der Waals surface area contributed by atoms with E-state index in [2.05, 4.69) is 4.72 Å². The molecule has 0 aliphatic heterocycles. The number of benzene rings is 2. The molecule has 2 aromatic carbocycles. The van der Waals surface area contributed by atoms with E-state index in [-0.39, 0.29) is 14.9 Å². The van der Waals surface area contributed by atoms with Crippen LogP contribution in [0.1, 0.15) is 12.5 Å². The molecular formula is C14H14Cl2N2O2S. The Labute approximate surface area is 133 Å². The molecule has 112 valence electrons. The number of hydrogen-bond donors (Lipinski definition) is 2. The average molecular weight is 345 g/mol. The third kappa shape index (κ3) is 3.43. The molecule has 0 saturated carbocycles. The van der Waals surface area contributed by atoms with Crippen LogP contribution in [0.5, 0.6) is 0 Å². The normalized spacial score (nSPS) is 11.4. The number of sulfonamides is 1. The van der Waals surface area contributed by atoms with Gasteiger partial charge in [0.2, 0.25) is 0 Å². The van der Waals surface area contributed by atoms with Gasteiger partial charge in [-0.25, -0.2) is 8.42 Å². The number of rotatable bonds is 4. The third-order valence-electron chi connectivity index (χ3n) is 2.93. The van der Waals surface area contributed by atoms with Gasteiger partial charge in [-0.05, 0) is 30.2 Å². The highest BCUT2D eigenvalue weighted by molar-refractivity contribution is 7.93. The van der Waals surface area contributed by atoms with Gasteiger partial charge in [-0.3, -0.25) is 4.72 Å². The Morgan fingerprint density at radius 2 is 1.71 bits per heavy atom. The number of para-hydroxylation sites is 1. The summed E-state index contributed by atoms with van der Waals surface area (Å²) in [6.07, 6.45) is 0.696. The summed E-state index contributed by atoms with van der Waals surface area (Å²) in [4.78, 5) is -0.175. The summed E-state index contributed by atoms with van der Waals surface area (Å²) in [6, 6.07) is 9.85. The van der Waals surface area contributed by atoms with Crippen LogP contribution in [0.25, 0.3) is 0 Å². The largest absolute Gasteiger partial charge is 0.399 e. The molecule has 0 atom stereocenters. The molecule has 0 aliphatic carbocycles. The van der Waals surface area contributed by atoms with E-state index in [4.69, 9.17) is 28.9 Å². The molecule has 7 heteroatoms. The lowest BCUT2D eigenvalue weighted by Gasteiger charge is -2.14. The van der Waals surface area contributed by atoms with Crippen LogP contribution in [-0.2, 0) is 16.4 Å². The van der Waals surface area contributed by atoms with E-state index in [0.717, 1.165) is 5.56 Å². The topological polar surface area (TPSA) is 72.2 Å². The van der Waals surface area contributed by atoms with Crippen molar-refractivity contribution >= 4 is 44.6 Å². The smallest absolute Gasteiger partial charge is 0.264 e. The maximum absolute atomic E-state index is 12.5. The van der Waals surface area contributed by atoms with Crippen molar-refractivity contribution < 1.29 is 8.42 Å². The summed E-state index contributed by atoms with van der Waals surface area (Å²) < 4.78 is 27.5. The summed E-state index contributed by atoms with van der Waals surface area (Å²) in [5.41, 5.74) is 7.27. The van der Waals surface area contributed by atoms with Crippen molar-refractivity contribution in [2.24, 2.45) is 0 Å². The molecule has 0 heterocycles. The Morgan fingerprint density at radius 3 is 2.29 bits per heavy atom. The van der Waals surface area contributed by atoms with Gasteiger partial charge in [0.15, 0.2) is 0 Å². The minimum absolute atomic E-state index is 0.0125. The van der Waals surface area contributed by atoms with Crippen molar-refractivity contribution in [1.29, 1.82) is 0 Å². The number of halogens is 2. The van der Waals surface area contributed by atoms with Crippen molar-refractivity contribution in [1.82, 2.24) is 0 Å². The molecule has 0 saturated heterocycles. The fourth-order valence-corrected chi connectivity index (χ4v) is 4.30. The van der Waals surface area contributed by atoms with E-state index in [9.17, 15) is 8.42 Å². The summed E-state index contributed by atoms with van der Waals surface area (Å²) in [5, 5.41) is -0.0250. The lowest BCUT2D eigenvalue weighted by Crippen LogP contribution is -2.15. The van der Waals surface area contributed by atoms with Crippen LogP contribution in [0.3, 0.4) is 0 Å². The summed E-state index contributed by atoms with van der Waals surface area (Å²) in [6.45, 7) is 1.94. The van der Waals surface area contributed by atoms with Crippen LogP contribution in [0.4, 0.5) is 11.4 Å². The van der Waals surface area contributed by atoms with Gasteiger partial charge in [0.05, 0.1) is 15.7 Å². The van der Waals surface area contributed by atoms with Crippen molar-refractivity contribution in [3.05, 3.63) is 52.0 Å². The van der Waals surface area contributed by atoms with Crippen LogP contribution in [0, 0.1) is 0 Å². The van der Waals surface area contributed by atoms with Crippen molar-refractivity contribution in [2.45, 2.75) is 18.2 Å². The summed E-state index contributed by atoms with van der Waals surface area (Å²) in [7, 11) is -3.89. The number of hydrogen-bond acceptors (Lipinski definition) is 3. The van der Waals surface area contributed by atoms with Crippen LogP contribution in [-0.4, -0.2) is 8.42 Å². The molecule has 4 nitrogen and oxygen atoms in total. The first-order valence-electron chi connectivity index (χ1n) is 6.20. The van der Waals surface area contributed by atoms with Gasteiger partial charge in [-0.2, -0.15) is 0 Å². The van der Waals surface area contributed by atoms with Crippen LogP contribution < -0.4 is 10.5 Å². The van der Waals surface area contributed by atoms with Crippen molar-refractivity contribution in [2.75, 3.05) is 10.5 Å². The molecule has 0 unspecified atom stereocenters. The zero-order valence-electron chi connectivity index (χ0n) is 11.2. The maximum atomic E-state index is 12.5. The van der Waals surface area contributed by atoms with E-state index >= 15 is 0 Å². The summed E-state index contributed by atoms with van der Waals surface area (Å²) >= 11 is 12.0. The fourth-order valence-electron chi connectivity index (χ4n) is 1.96. The zero-order valence-corrected chi connectivity index (χ0v) is 13.6. The number of anilines is 2. The monoisotopic (exact) mass is 344 g/mol. The SMILES string of the molecule is CCc1ccccc1NS(=O)(=O)c1c(Cl)cc(N)cc1Cl. The molecule has 0 fully saturated rings. The Hall–Kier alpha value is -1.43. The van der Waals surface area contributed by atoms with Crippen LogP contribution in [0.2, 0.25) is 10.0 Å². The molecule has 0 spiro atoms. The number of nitrogen functional groups attached to an aromatic ring is 1. The predicted molar refractivity (Wildman–Crippen MR) is 87.5 cm³/mol. The highest BCUT2D eigenvalue weighted by Gasteiger charge is 2.23. The molecule has 0 radical (unpaired) electrons. The molecule has 3 N–H and O–H groups in total. The molecule has 2 aromatic rings. The maximum Gasteiger partial charge on any atom is 0.264 e. The van der Waals surface area contributed by atoms with E-state index in [0.29, 0.717) is 17.8 Å². The molecular weight excluding hydrogens is 331 g/mol. The second-order valence-corrected chi connectivity index (χ2v) is 6.86. The first kappa shape index (κ1) is 15.9. The molecule has 21 heavy (non-hydrogen) atoms. The van der Waals surface area contributed by atoms with E-state index in [1.54, 1.807) is 12.1 Å². The quantitative estimate of drug-likeness (QED) is 0.825. The van der Waals surface area contributed by atoms with E-state index < -0.39 is 10.0 Å². The van der Waals surface area contributed by atoms with Gasteiger partial charge in [0, 0.05) is 5.69 Å². The zero-order chi connectivity index (χ0) is 15.6. The number of aryl methyl sites for hydroxylation is 1. The first-order chi connectivity index (χ1) is 9.85. The number of nitrogens with two attached hydrogens (primary N) is 1.